The number of hydrazine groups is 3. The Kier molecular flexibility index (Phi) is 9.27. The molecule has 0 spiro atoms. The van der Waals surface area contributed by atoms with Crippen LogP contribution in [0, 0.1) is 36.2 Å². The minimum Gasteiger partial charge on any atom is -0.365 e. The van der Waals surface area contributed by atoms with E-state index in [0.717, 1.165) is 36.1 Å². The number of likely N-dealkylation sites (tertiary alicyclic amines) is 1. The van der Waals surface area contributed by atoms with Crippen molar-refractivity contribution in [1.82, 2.24) is 25.0 Å². The zero-order valence-electron chi connectivity index (χ0n) is 29.8. The standard InChI is InChI=1S/C38H45F3N10/c1-23-13-29(40)16-31-33-9-8-10-36(45-33)44-30-18-35(25(3)46(5)47(6)37(23)31)50(22-30)38(42-4)24(2)19-43-51(34-12-11-28(39)17-32(34)41)48(7)49-20-26-14-27(15-26)21-49/h8-13,16-17,19,26-27,30,35H,3-4,14-15,18,20-22H2,1-2,5-7H3,(H,44,45)/b38-24-,43-19-. The smallest absolute Gasteiger partial charge is 0.153 e. The van der Waals surface area contributed by atoms with Gasteiger partial charge in [0.15, 0.2) is 5.82 Å². The van der Waals surface area contributed by atoms with Gasteiger partial charge >= 0.3 is 0 Å². The average Bonchev–Trinajstić information content (AvgIpc) is 3.50. The largest absolute Gasteiger partial charge is 0.365 e. The molecular weight excluding hydrogens is 653 g/mol. The van der Waals surface area contributed by atoms with Crippen molar-refractivity contribution in [3.63, 3.8) is 0 Å². The van der Waals surface area contributed by atoms with Crippen molar-refractivity contribution < 1.29 is 13.2 Å². The van der Waals surface area contributed by atoms with Gasteiger partial charge in [0, 0.05) is 69.7 Å². The second kappa shape index (κ2) is 13.7. The van der Waals surface area contributed by atoms with Crippen LogP contribution in [0.5, 0.6) is 0 Å². The molecule has 4 fully saturated rings. The van der Waals surface area contributed by atoms with Crippen molar-refractivity contribution in [2.75, 3.05) is 56.2 Å². The molecule has 1 aromatic heterocycles. The Morgan fingerprint density at radius 1 is 0.980 bits per heavy atom. The van der Waals surface area contributed by atoms with Crippen LogP contribution in [-0.2, 0) is 0 Å². The predicted octanol–water partition coefficient (Wildman–Crippen LogP) is 6.67. The van der Waals surface area contributed by atoms with Crippen LogP contribution in [-0.4, -0.2) is 90.8 Å². The minimum atomic E-state index is -0.712. The molecule has 1 saturated carbocycles. The summed E-state index contributed by atoms with van der Waals surface area (Å²) in [5.74, 6) is 0.792. The molecule has 13 heteroatoms. The summed E-state index contributed by atoms with van der Waals surface area (Å²) in [5.41, 5.74) is 4.55. The van der Waals surface area contributed by atoms with E-state index < -0.39 is 11.6 Å². The summed E-state index contributed by atoms with van der Waals surface area (Å²) >= 11 is 0. The van der Waals surface area contributed by atoms with Crippen LogP contribution >= 0.6 is 0 Å². The van der Waals surface area contributed by atoms with Gasteiger partial charge in [-0.15, -0.1) is 5.12 Å². The molecule has 1 N–H and O–H groups in total. The number of rotatable bonds is 7. The first-order valence-electron chi connectivity index (χ1n) is 17.3. The maximum Gasteiger partial charge on any atom is 0.153 e. The Balaban J connectivity index is 1.24. The zero-order chi connectivity index (χ0) is 36.1. The summed E-state index contributed by atoms with van der Waals surface area (Å²) in [6, 6.07) is 12.0. The highest BCUT2D eigenvalue weighted by Crippen LogP contribution is 2.41. The number of hydrazone groups is 1. The Hall–Kier alpha value is -4.88. The number of nitrogens with one attached hydrogen (secondary N) is 1. The van der Waals surface area contributed by atoms with Crippen molar-refractivity contribution in [2.45, 2.75) is 45.2 Å². The van der Waals surface area contributed by atoms with Crippen molar-refractivity contribution >= 4 is 30.1 Å². The number of hydrogen-bond donors (Lipinski definition) is 1. The van der Waals surface area contributed by atoms with Crippen molar-refractivity contribution in [2.24, 2.45) is 21.9 Å². The van der Waals surface area contributed by atoms with Gasteiger partial charge in [0.25, 0.3) is 0 Å². The maximum atomic E-state index is 15.3. The molecule has 3 saturated heterocycles. The lowest BCUT2D eigenvalue weighted by molar-refractivity contribution is -0.104. The fourth-order valence-corrected chi connectivity index (χ4v) is 8.06. The number of aromatic nitrogens is 1. The molecule has 0 radical (unpaired) electrons. The molecule has 8 rings (SSSR count). The van der Waals surface area contributed by atoms with Crippen molar-refractivity contribution in [1.29, 1.82) is 0 Å². The summed E-state index contributed by atoms with van der Waals surface area (Å²) in [6.45, 7) is 14.5. The number of nitrogens with zero attached hydrogens (tertiary/aromatic N) is 9. The number of piperidine rings is 2. The molecule has 2 unspecified atom stereocenters. The van der Waals surface area contributed by atoms with E-state index in [1.165, 1.54) is 42.2 Å². The SMILES string of the molecule is C=N/C(=C(C)/C=N\N(c1ccc(F)cc1F)N(C)N1CC2CC(C2)C1)N1CC2CC1C(=C)N(C)N(C)c1c(C)cc(F)cc1-c1cccc(n1)N2. The molecule has 5 heterocycles. The van der Waals surface area contributed by atoms with Crippen LogP contribution in [0.1, 0.15) is 31.7 Å². The van der Waals surface area contributed by atoms with Crippen LogP contribution in [0.3, 0.4) is 0 Å². The molecule has 2 aromatic carbocycles. The first-order chi connectivity index (χ1) is 24.4. The number of allylic oxidation sites excluding steroid dienone is 1. The van der Waals surface area contributed by atoms with Gasteiger partial charge in [0.2, 0.25) is 0 Å². The monoisotopic (exact) mass is 698 g/mol. The summed E-state index contributed by atoms with van der Waals surface area (Å²) in [7, 11) is 5.73. The Bertz CT molecular complexity index is 1900. The summed E-state index contributed by atoms with van der Waals surface area (Å²) < 4.78 is 44.1. The van der Waals surface area contributed by atoms with Gasteiger partial charge in [-0.3, -0.25) is 10.0 Å². The van der Waals surface area contributed by atoms with Crippen molar-refractivity contribution in [3.05, 3.63) is 95.2 Å². The first-order valence-corrected chi connectivity index (χ1v) is 17.3. The molecule has 5 aliphatic rings. The van der Waals surface area contributed by atoms with Crippen LogP contribution in [0.4, 0.5) is 30.4 Å². The Morgan fingerprint density at radius 2 is 1.73 bits per heavy atom. The molecule has 4 aliphatic heterocycles. The molecule has 2 atom stereocenters. The number of anilines is 3. The van der Waals surface area contributed by atoms with E-state index in [2.05, 4.69) is 33.5 Å². The lowest BCUT2D eigenvalue weighted by atomic mass is 9.72. The molecule has 1 aliphatic carbocycles. The van der Waals surface area contributed by atoms with E-state index in [9.17, 15) is 8.78 Å². The van der Waals surface area contributed by atoms with Gasteiger partial charge in [-0.25, -0.2) is 28.2 Å². The fraction of sp³-hybridized carbons (Fsp3) is 0.395. The number of aryl methyl sites for hydroxylation is 1. The second-order valence-corrected chi connectivity index (χ2v) is 14.2. The molecule has 6 bridgehead atoms. The van der Waals surface area contributed by atoms with Gasteiger partial charge in [-0.05, 0) is 93.6 Å². The Morgan fingerprint density at radius 3 is 2.43 bits per heavy atom. The molecule has 0 amide bonds. The average molecular weight is 699 g/mol. The van der Waals surface area contributed by atoms with Gasteiger partial charge in [0.1, 0.15) is 29.0 Å². The zero-order valence-corrected chi connectivity index (χ0v) is 29.8. The van der Waals surface area contributed by atoms with E-state index in [0.29, 0.717) is 53.3 Å². The summed E-state index contributed by atoms with van der Waals surface area (Å²) in [4.78, 5) is 11.6. The van der Waals surface area contributed by atoms with Crippen molar-refractivity contribution in [3.8, 4) is 11.3 Å². The molecule has 51 heavy (non-hydrogen) atoms. The van der Waals surface area contributed by atoms with Gasteiger partial charge in [-0.2, -0.15) is 10.2 Å². The number of pyridine rings is 1. The Labute approximate surface area is 297 Å². The molecule has 3 aromatic rings. The third-order valence-electron chi connectivity index (χ3n) is 10.7. The highest BCUT2D eigenvalue weighted by Gasteiger charge is 2.40. The van der Waals surface area contributed by atoms with Crippen LogP contribution in [0.15, 0.2) is 82.3 Å². The van der Waals surface area contributed by atoms with Gasteiger partial charge in [-0.1, -0.05) is 12.6 Å². The van der Waals surface area contributed by atoms with E-state index in [-0.39, 0.29) is 23.6 Å². The molecule has 268 valence electrons. The van der Waals surface area contributed by atoms with Crippen LogP contribution < -0.4 is 15.4 Å². The van der Waals surface area contributed by atoms with Crippen LogP contribution in [0.2, 0.25) is 0 Å². The fourth-order valence-electron chi connectivity index (χ4n) is 8.06. The number of halogens is 3. The highest BCUT2D eigenvalue weighted by atomic mass is 19.1. The number of hydrogen-bond acceptors (Lipinski definition) is 10. The first kappa shape index (κ1) is 34.6. The quantitative estimate of drug-likeness (QED) is 0.217. The molecular formula is C38H45F3N10. The van der Waals surface area contributed by atoms with E-state index in [1.807, 2.05) is 68.3 Å². The van der Waals surface area contributed by atoms with Gasteiger partial charge in [0.05, 0.1) is 23.6 Å². The third-order valence-corrected chi connectivity index (χ3v) is 10.7. The maximum absolute atomic E-state index is 15.3. The summed E-state index contributed by atoms with van der Waals surface area (Å²) in [5, 5.41) is 17.8. The number of aliphatic imine (C=N–C) groups is 1. The third kappa shape index (κ3) is 6.56. The summed E-state index contributed by atoms with van der Waals surface area (Å²) in [6.07, 6.45) is 4.76. The van der Waals surface area contributed by atoms with E-state index in [4.69, 9.17) is 10.1 Å². The van der Waals surface area contributed by atoms with E-state index >= 15 is 4.39 Å². The lowest BCUT2D eigenvalue weighted by Gasteiger charge is -2.51. The highest BCUT2D eigenvalue weighted by molar-refractivity contribution is 5.80. The topological polar surface area (TPSA) is 69.1 Å². The van der Waals surface area contributed by atoms with Crippen LogP contribution in [0.25, 0.3) is 11.3 Å². The normalized spacial score (nSPS) is 23.7. The predicted molar refractivity (Wildman–Crippen MR) is 197 cm³/mol. The van der Waals surface area contributed by atoms with E-state index in [1.54, 1.807) is 6.21 Å². The second-order valence-electron chi connectivity index (χ2n) is 14.2. The molecule has 10 nitrogen and oxygen atoms in total. The number of fused-ring (bicyclic) bond motifs is 8. The minimum absolute atomic E-state index is 0.0377. The van der Waals surface area contributed by atoms with Gasteiger partial charge < -0.3 is 10.2 Å². The lowest BCUT2D eigenvalue weighted by Crippen LogP contribution is -2.58. The number of benzene rings is 2. The number of likely N-dealkylation sites (N-methyl/N-ethyl adjacent to an activating group) is 1.